The highest BCUT2D eigenvalue weighted by molar-refractivity contribution is 5.94. The van der Waals surface area contributed by atoms with E-state index in [1.165, 1.54) is 5.56 Å². The molecule has 1 aromatic rings. The molecule has 1 aliphatic rings. The Labute approximate surface area is 121 Å². The van der Waals surface area contributed by atoms with Crippen LogP contribution in [-0.2, 0) is 6.42 Å². The quantitative estimate of drug-likeness (QED) is 0.854. The molecule has 0 saturated carbocycles. The lowest BCUT2D eigenvalue weighted by Crippen LogP contribution is -2.47. The Morgan fingerprint density at radius 1 is 1.40 bits per heavy atom. The van der Waals surface area contributed by atoms with E-state index in [0.29, 0.717) is 6.54 Å². The molecule has 110 valence electrons. The molecule has 0 aliphatic carbocycles. The summed E-state index contributed by atoms with van der Waals surface area (Å²) in [6.07, 6.45) is 3.09. The number of nitrogens with zero attached hydrogens (tertiary/aromatic N) is 1. The van der Waals surface area contributed by atoms with E-state index < -0.39 is 0 Å². The molecule has 1 saturated heterocycles. The van der Waals surface area contributed by atoms with Crippen molar-refractivity contribution in [3.63, 3.8) is 0 Å². The average Bonchev–Trinajstić information content (AvgIpc) is 2.48. The van der Waals surface area contributed by atoms with Crippen LogP contribution in [0.25, 0.3) is 0 Å². The molecule has 20 heavy (non-hydrogen) atoms. The number of carbonyl (C=O) groups is 1. The lowest BCUT2D eigenvalue weighted by atomic mass is 10.0. The maximum atomic E-state index is 12.2. The highest BCUT2D eigenvalue weighted by Gasteiger charge is 2.20. The SMILES string of the molecule is CCN1CCCC(NC(=O)c2ccc(CCN)cc2)C1. The summed E-state index contributed by atoms with van der Waals surface area (Å²) in [5.41, 5.74) is 7.44. The van der Waals surface area contributed by atoms with Crippen LogP contribution in [0.15, 0.2) is 24.3 Å². The van der Waals surface area contributed by atoms with E-state index in [0.717, 1.165) is 44.5 Å². The van der Waals surface area contributed by atoms with Crippen molar-refractivity contribution in [3.05, 3.63) is 35.4 Å². The van der Waals surface area contributed by atoms with Crippen LogP contribution in [0.3, 0.4) is 0 Å². The van der Waals surface area contributed by atoms with E-state index >= 15 is 0 Å². The predicted molar refractivity (Wildman–Crippen MR) is 81.8 cm³/mol. The standard InChI is InChI=1S/C16H25N3O/c1-2-19-11-3-4-15(12-19)18-16(20)14-7-5-13(6-8-14)9-10-17/h5-8,15H,2-4,9-12,17H2,1H3,(H,18,20). The number of hydrogen-bond acceptors (Lipinski definition) is 3. The summed E-state index contributed by atoms with van der Waals surface area (Å²) in [5.74, 6) is 0.0345. The second kappa shape index (κ2) is 7.41. The molecule has 1 aromatic carbocycles. The van der Waals surface area contributed by atoms with Gasteiger partial charge in [-0.05, 0) is 56.6 Å². The molecule has 0 spiro atoms. The highest BCUT2D eigenvalue weighted by Crippen LogP contribution is 2.11. The van der Waals surface area contributed by atoms with Crippen LogP contribution >= 0.6 is 0 Å². The zero-order valence-electron chi connectivity index (χ0n) is 12.3. The summed E-state index contributed by atoms with van der Waals surface area (Å²) in [7, 11) is 0. The van der Waals surface area contributed by atoms with Crippen molar-refractivity contribution in [1.82, 2.24) is 10.2 Å². The number of rotatable bonds is 5. The molecule has 4 heteroatoms. The number of piperidine rings is 1. The van der Waals surface area contributed by atoms with Crippen LogP contribution in [-0.4, -0.2) is 43.0 Å². The van der Waals surface area contributed by atoms with Gasteiger partial charge in [0.25, 0.3) is 5.91 Å². The number of hydrogen-bond donors (Lipinski definition) is 2. The lowest BCUT2D eigenvalue weighted by molar-refractivity contribution is 0.0906. The topological polar surface area (TPSA) is 58.4 Å². The Kier molecular flexibility index (Phi) is 5.56. The number of nitrogens with two attached hydrogens (primary N) is 1. The Morgan fingerprint density at radius 3 is 2.80 bits per heavy atom. The van der Waals surface area contributed by atoms with Crippen molar-refractivity contribution in [1.29, 1.82) is 0 Å². The van der Waals surface area contributed by atoms with Crippen molar-refractivity contribution in [2.45, 2.75) is 32.2 Å². The van der Waals surface area contributed by atoms with Crippen LogP contribution in [0.5, 0.6) is 0 Å². The molecule has 1 fully saturated rings. The Hall–Kier alpha value is -1.39. The van der Waals surface area contributed by atoms with Gasteiger partial charge in [0.2, 0.25) is 0 Å². The summed E-state index contributed by atoms with van der Waals surface area (Å²) in [6.45, 7) is 5.98. The molecule has 0 bridgehead atoms. The normalized spacial score (nSPS) is 19.8. The van der Waals surface area contributed by atoms with E-state index in [-0.39, 0.29) is 11.9 Å². The van der Waals surface area contributed by atoms with Gasteiger partial charge in [-0.15, -0.1) is 0 Å². The lowest BCUT2D eigenvalue weighted by Gasteiger charge is -2.32. The zero-order chi connectivity index (χ0) is 14.4. The largest absolute Gasteiger partial charge is 0.348 e. The third-order valence-electron chi connectivity index (χ3n) is 3.94. The van der Waals surface area contributed by atoms with Crippen LogP contribution in [0.4, 0.5) is 0 Å². The predicted octanol–water partition coefficient (Wildman–Crippen LogP) is 1.40. The Morgan fingerprint density at radius 2 is 2.15 bits per heavy atom. The van der Waals surface area contributed by atoms with Crippen molar-refractivity contribution < 1.29 is 4.79 Å². The minimum absolute atomic E-state index is 0.0345. The zero-order valence-corrected chi connectivity index (χ0v) is 12.3. The van der Waals surface area contributed by atoms with Crippen molar-refractivity contribution in [2.75, 3.05) is 26.2 Å². The van der Waals surface area contributed by atoms with E-state index in [1.54, 1.807) is 0 Å². The summed E-state index contributed by atoms with van der Waals surface area (Å²) in [6, 6.07) is 8.03. The molecule has 3 N–H and O–H groups in total. The molecule has 1 heterocycles. The highest BCUT2D eigenvalue weighted by atomic mass is 16.1. The fourth-order valence-corrected chi connectivity index (χ4v) is 2.72. The van der Waals surface area contributed by atoms with E-state index in [9.17, 15) is 4.79 Å². The summed E-state index contributed by atoms with van der Waals surface area (Å²) >= 11 is 0. The third kappa shape index (κ3) is 4.05. The monoisotopic (exact) mass is 275 g/mol. The molecule has 1 aliphatic heterocycles. The number of likely N-dealkylation sites (tertiary alicyclic amines) is 1. The molecule has 4 nitrogen and oxygen atoms in total. The van der Waals surface area contributed by atoms with Gasteiger partial charge in [0.1, 0.15) is 0 Å². The number of carbonyl (C=O) groups excluding carboxylic acids is 1. The molecule has 1 unspecified atom stereocenters. The fraction of sp³-hybridized carbons (Fsp3) is 0.562. The van der Waals surface area contributed by atoms with E-state index in [4.69, 9.17) is 5.73 Å². The second-order valence-corrected chi connectivity index (χ2v) is 5.44. The van der Waals surface area contributed by atoms with Gasteiger partial charge in [-0.1, -0.05) is 19.1 Å². The number of likely N-dealkylation sites (N-methyl/N-ethyl adjacent to an activating group) is 1. The molecule has 1 atom stereocenters. The van der Waals surface area contributed by atoms with Gasteiger partial charge in [0, 0.05) is 18.2 Å². The first-order valence-electron chi connectivity index (χ1n) is 7.55. The van der Waals surface area contributed by atoms with Gasteiger partial charge in [-0.3, -0.25) is 4.79 Å². The average molecular weight is 275 g/mol. The summed E-state index contributed by atoms with van der Waals surface area (Å²) in [4.78, 5) is 14.6. The molecule has 2 rings (SSSR count). The first-order valence-corrected chi connectivity index (χ1v) is 7.55. The third-order valence-corrected chi connectivity index (χ3v) is 3.94. The van der Waals surface area contributed by atoms with Gasteiger partial charge in [-0.25, -0.2) is 0 Å². The van der Waals surface area contributed by atoms with Crippen LogP contribution in [0.2, 0.25) is 0 Å². The van der Waals surface area contributed by atoms with Gasteiger partial charge in [-0.2, -0.15) is 0 Å². The second-order valence-electron chi connectivity index (χ2n) is 5.44. The number of benzene rings is 1. The van der Waals surface area contributed by atoms with Crippen molar-refractivity contribution in [3.8, 4) is 0 Å². The Balaban J connectivity index is 1.90. The van der Waals surface area contributed by atoms with E-state index in [2.05, 4.69) is 17.1 Å². The first-order chi connectivity index (χ1) is 9.72. The summed E-state index contributed by atoms with van der Waals surface area (Å²) < 4.78 is 0. The van der Waals surface area contributed by atoms with Gasteiger partial charge in [0.05, 0.1) is 0 Å². The molecule has 0 aromatic heterocycles. The molecule has 0 radical (unpaired) electrons. The van der Waals surface area contributed by atoms with Gasteiger partial charge in [0.15, 0.2) is 0 Å². The molecule has 1 amide bonds. The number of nitrogens with one attached hydrogen (secondary N) is 1. The van der Waals surface area contributed by atoms with Gasteiger partial charge >= 0.3 is 0 Å². The minimum atomic E-state index is 0.0345. The fourth-order valence-electron chi connectivity index (χ4n) is 2.72. The maximum absolute atomic E-state index is 12.2. The Bertz CT molecular complexity index is 430. The molecular formula is C16H25N3O. The van der Waals surface area contributed by atoms with Crippen molar-refractivity contribution in [2.24, 2.45) is 5.73 Å². The van der Waals surface area contributed by atoms with Gasteiger partial charge < -0.3 is 16.0 Å². The van der Waals surface area contributed by atoms with Crippen molar-refractivity contribution >= 4 is 5.91 Å². The smallest absolute Gasteiger partial charge is 0.251 e. The minimum Gasteiger partial charge on any atom is -0.348 e. The van der Waals surface area contributed by atoms with Crippen LogP contribution in [0.1, 0.15) is 35.7 Å². The summed E-state index contributed by atoms with van der Waals surface area (Å²) in [5, 5.41) is 3.15. The first kappa shape index (κ1) is 15.0. The van der Waals surface area contributed by atoms with Crippen LogP contribution in [0, 0.1) is 0 Å². The van der Waals surface area contributed by atoms with Crippen LogP contribution < -0.4 is 11.1 Å². The maximum Gasteiger partial charge on any atom is 0.251 e. The molecular weight excluding hydrogens is 250 g/mol. The van der Waals surface area contributed by atoms with E-state index in [1.807, 2.05) is 24.3 Å². The number of amides is 1.